The third kappa shape index (κ3) is 4.29. The van der Waals surface area contributed by atoms with Crippen LogP contribution in [0.4, 0.5) is 0 Å². The van der Waals surface area contributed by atoms with Gasteiger partial charge in [0.05, 0.1) is 11.9 Å². The standard InChI is InChI=1S/C17H20N4O2/c1-4-6-14-7-5-8-15(17(14)23)10-18-19-16(22)11-21-13(3)9-12(2)20-21/h4-5,7-10,23H,1,6,11H2,2-3H3,(H,19,22)/b18-10+. The van der Waals surface area contributed by atoms with Crippen LogP contribution in [-0.4, -0.2) is 27.0 Å². The molecule has 0 bridgehead atoms. The molecule has 2 N–H and O–H groups in total. The zero-order valence-electron chi connectivity index (χ0n) is 13.3. The number of hydrazone groups is 1. The minimum absolute atomic E-state index is 0.0967. The molecule has 0 aliphatic carbocycles. The van der Waals surface area contributed by atoms with Crippen LogP contribution in [0.3, 0.4) is 0 Å². The summed E-state index contributed by atoms with van der Waals surface area (Å²) in [6, 6.07) is 7.26. The number of nitrogens with zero attached hydrogens (tertiary/aromatic N) is 3. The van der Waals surface area contributed by atoms with Crippen molar-refractivity contribution < 1.29 is 9.90 Å². The first-order valence-electron chi connectivity index (χ1n) is 7.26. The van der Waals surface area contributed by atoms with Crippen molar-refractivity contribution in [3.63, 3.8) is 0 Å². The van der Waals surface area contributed by atoms with Crippen molar-refractivity contribution in [1.29, 1.82) is 0 Å². The Kier molecular flexibility index (Phi) is 5.30. The maximum absolute atomic E-state index is 11.9. The number of allylic oxidation sites excluding steroid dienone is 1. The number of phenols is 1. The van der Waals surface area contributed by atoms with E-state index in [1.54, 1.807) is 16.8 Å². The molecule has 6 heteroatoms. The van der Waals surface area contributed by atoms with E-state index in [0.29, 0.717) is 12.0 Å². The average molecular weight is 312 g/mol. The molecule has 0 aliphatic heterocycles. The molecular weight excluding hydrogens is 292 g/mol. The number of hydrogen-bond donors (Lipinski definition) is 2. The van der Waals surface area contributed by atoms with E-state index in [-0.39, 0.29) is 18.2 Å². The minimum atomic E-state index is -0.283. The Labute approximate surface area is 135 Å². The van der Waals surface area contributed by atoms with E-state index in [1.165, 1.54) is 6.21 Å². The Morgan fingerprint density at radius 1 is 1.48 bits per heavy atom. The van der Waals surface area contributed by atoms with E-state index in [9.17, 15) is 9.90 Å². The summed E-state index contributed by atoms with van der Waals surface area (Å²) in [5.41, 5.74) is 5.51. The lowest BCUT2D eigenvalue weighted by Crippen LogP contribution is -2.24. The third-order valence-electron chi connectivity index (χ3n) is 3.30. The van der Waals surface area contributed by atoms with Gasteiger partial charge in [-0.25, -0.2) is 5.43 Å². The largest absolute Gasteiger partial charge is 0.507 e. The number of aromatic hydroxyl groups is 1. The number of rotatable bonds is 6. The number of para-hydroxylation sites is 1. The highest BCUT2D eigenvalue weighted by molar-refractivity contribution is 5.85. The highest BCUT2D eigenvalue weighted by Gasteiger charge is 2.07. The summed E-state index contributed by atoms with van der Waals surface area (Å²) in [5, 5.41) is 18.2. The number of aryl methyl sites for hydroxylation is 2. The van der Waals surface area contributed by atoms with Gasteiger partial charge in [0, 0.05) is 11.3 Å². The summed E-state index contributed by atoms with van der Waals surface area (Å²) >= 11 is 0. The maximum Gasteiger partial charge on any atom is 0.261 e. The third-order valence-corrected chi connectivity index (χ3v) is 3.30. The molecule has 1 heterocycles. The molecule has 23 heavy (non-hydrogen) atoms. The van der Waals surface area contributed by atoms with Gasteiger partial charge >= 0.3 is 0 Å². The molecule has 1 aromatic carbocycles. The number of hydrogen-bond acceptors (Lipinski definition) is 4. The summed E-state index contributed by atoms with van der Waals surface area (Å²) in [6.45, 7) is 7.51. The molecule has 0 saturated carbocycles. The van der Waals surface area contributed by atoms with Crippen LogP contribution in [-0.2, 0) is 17.8 Å². The fraction of sp³-hybridized carbons (Fsp3) is 0.235. The summed E-state index contributed by atoms with van der Waals surface area (Å²) in [5.74, 6) is -0.141. The van der Waals surface area contributed by atoms with Crippen LogP contribution in [0.5, 0.6) is 5.75 Å². The molecule has 2 aromatic rings. The van der Waals surface area contributed by atoms with Gasteiger partial charge in [-0.05, 0) is 38.0 Å². The topological polar surface area (TPSA) is 79.5 Å². The number of nitrogens with one attached hydrogen (secondary N) is 1. The Hall–Kier alpha value is -2.89. The lowest BCUT2D eigenvalue weighted by atomic mass is 10.1. The maximum atomic E-state index is 11.9. The van der Waals surface area contributed by atoms with Crippen molar-refractivity contribution >= 4 is 12.1 Å². The van der Waals surface area contributed by atoms with E-state index >= 15 is 0 Å². The Morgan fingerprint density at radius 3 is 2.91 bits per heavy atom. The van der Waals surface area contributed by atoms with Crippen LogP contribution < -0.4 is 5.43 Å². The molecule has 0 aliphatic rings. The van der Waals surface area contributed by atoms with E-state index in [1.807, 2.05) is 32.0 Å². The zero-order chi connectivity index (χ0) is 16.8. The molecule has 0 atom stereocenters. The fourth-order valence-corrected chi connectivity index (χ4v) is 2.22. The van der Waals surface area contributed by atoms with Crippen molar-refractivity contribution in [2.24, 2.45) is 5.10 Å². The van der Waals surface area contributed by atoms with E-state index in [0.717, 1.165) is 17.0 Å². The van der Waals surface area contributed by atoms with Gasteiger partial charge in [0.15, 0.2) is 0 Å². The van der Waals surface area contributed by atoms with Gasteiger partial charge in [0.1, 0.15) is 12.3 Å². The summed E-state index contributed by atoms with van der Waals surface area (Å²) < 4.78 is 1.61. The Morgan fingerprint density at radius 2 is 2.26 bits per heavy atom. The summed E-state index contributed by atoms with van der Waals surface area (Å²) in [6.07, 6.45) is 3.70. The van der Waals surface area contributed by atoms with Crippen LogP contribution in [0, 0.1) is 13.8 Å². The van der Waals surface area contributed by atoms with Crippen molar-refractivity contribution in [3.05, 3.63) is 59.4 Å². The van der Waals surface area contributed by atoms with Gasteiger partial charge in [-0.3, -0.25) is 9.48 Å². The van der Waals surface area contributed by atoms with Crippen LogP contribution >= 0.6 is 0 Å². The molecule has 0 radical (unpaired) electrons. The predicted octanol–water partition coefficient (Wildman–Crippen LogP) is 2.08. The lowest BCUT2D eigenvalue weighted by molar-refractivity contribution is -0.121. The number of benzene rings is 1. The summed E-state index contributed by atoms with van der Waals surface area (Å²) in [7, 11) is 0. The van der Waals surface area contributed by atoms with Gasteiger partial charge in [-0.2, -0.15) is 10.2 Å². The number of phenolic OH excluding ortho intramolecular Hbond substituents is 1. The monoisotopic (exact) mass is 312 g/mol. The predicted molar refractivity (Wildman–Crippen MR) is 89.4 cm³/mol. The average Bonchev–Trinajstić information content (AvgIpc) is 2.81. The van der Waals surface area contributed by atoms with Gasteiger partial charge < -0.3 is 5.11 Å². The molecule has 0 unspecified atom stereocenters. The number of carbonyl (C=O) groups excluding carboxylic acids is 1. The van der Waals surface area contributed by atoms with Gasteiger partial charge in [-0.1, -0.05) is 18.2 Å². The van der Waals surface area contributed by atoms with Crippen molar-refractivity contribution in [1.82, 2.24) is 15.2 Å². The van der Waals surface area contributed by atoms with Crippen LogP contribution in [0.1, 0.15) is 22.5 Å². The smallest absolute Gasteiger partial charge is 0.261 e. The normalized spacial score (nSPS) is 10.9. The molecular formula is C17H20N4O2. The molecule has 0 saturated heterocycles. The first-order chi connectivity index (χ1) is 11.0. The van der Waals surface area contributed by atoms with Crippen LogP contribution in [0.15, 0.2) is 42.0 Å². The zero-order valence-corrected chi connectivity index (χ0v) is 13.3. The van der Waals surface area contributed by atoms with Gasteiger partial charge in [-0.15, -0.1) is 6.58 Å². The Balaban J connectivity index is 1.99. The number of aromatic nitrogens is 2. The first-order valence-corrected chi connectivity index (χ1v) is 7.26. The van der Waals surface area contributed by atoms with Crippen molar-refractivity contribution in [2.45, 2.75) is 26.8 Å². The fourth-order valence-electron chi connectivity index (χ4n) is 2.22. The van der Waals surface area contributed by atoms with Crippen molar-refractivity contribution in [3.8, 4) is 5.75 Å². The van der Waals surface area contributed by atoms with Crippen molar-refractivity contribution in [2.75, 3.05) is 0 Å². The Bertz CT molecular complexity index is 747. The van der Waals surface area contributed by atoms with E-state index in [4.69, 9.17) is 0 Å². The van der Waals surface area contributed by atoms with Gasteiger partial charge in [0.25, 0.3) is 5.91 Å². The molecule has 1 aromatic heterocycles. The summed E-state index contributed by atoms with van der Waals surface area (Å²) in [4.78, 5) is 11.9. The molecule has 6 nitrogen and oxygen atoms in total. The number of carbonyl (C=O) groups is 1. The van der Waals surface area contributed by atoms with E-state index in [2.05, 4.69) is 22.2 Å². The second-order valence-corrected chi connectivity index (χ2v) is 5.23. The van der Waals surface area contributed by atoms with Crippen LogP contribution in [0.2, 0.25) is 0 Å². The van der Waals surface area contributed by atoms with E-state index < -0.39 is 0 Å². The second kappa shape index (κ2) is 7.40. The molecule has 0 spiro atoms. The lowest BCUT2D eigenvalue weighted by Gasteiger charge is -2.05. The molecule has 2 rings (SSSR count). The molecule has 0 fully saturated rings. The first kappa shape index (κ1) is 16.5. The molecule has 120 valence electrons. The SMILES string of the molecule is C=CCc1cccc(/C=N/NC(=O)Cn2nc(C)cc2C)c1O. The molecule has 1 amide bonds. The van der Waals surface area contributed by atoms with Crippen LogP contribution in [0.25, 0.3) is 0 Å². The minimum Gasteiger partial charge on any atom is -0.507 e. The van der Waals surface area contributed by atoms with Gasteiger partial charge in [0.2, 0.25) is 0 Å². The number of amides is 1. The second-order valence-electron chi connectivity index (χ2n) is 5.23. The quantitative estimate of drug-likeness (QED) is 0.487. The highest BCUT2D eigenvalue weighted by Crippen LogP contribution is 2.21. The highest BCUT2D eigenvalue weighted by atomic mass is 16.3.